The van der Waals surface area contributed by atoms with Crippen LogP contribution in [0.2, 0.25) is 0 Å². The van der Waals surface area contributed by atoms with E-state index in [1.165, 1.54) is 16.7 Å². The number of thiocarbonyl (C=S) groups is 1. The molecule has 1 aliphatic rings. The maximum absolute atomic E-state index is 12.8. The summed E-state index contributed by atoms with van der Waals surface area (Å²) in [6, 6.07) is 14.8. The number of anilines is 1. The normalized spacial score (nSPS) is 15.4. The molecule has 26 heavy (non-hydrogen) atoms. The van der Waals surface area contributed by atoms with Crippen LogP contribution in [0, 0.1) is 0 Å². The SMILES string of the molecule is C=CCOc1ccc(/C=C2\SC(=S)N(c3cccc(OC)c3)C2=O)cc1. The number of rotatable bonds is 6. The molecule has 0 N–H and O–H groups in total. The molecule has 1 fully saturated rings. The summed E-state index contributed by atoms with van der Waals surface area (Å²) in [4.78, 5) is 14.9. The zero-order valence-corrected chi connectivity index (χ0v) is 15.8. The van der Waals surface area contributed by atoms with E-state index in [0.717, 1.165) is 11.3 Å². The largest absolute Gasteiger partial charge is 0.497 e. The average molecular weight is 383 g/mol. The van der Waals surface area contributed by atoms with Crippen molar-refractivity contribution in [3.8, 4) is 11.5 Å². The highest BCUT2D eigenvalue weighted by atomic mass is 32.2. The third-order valence-electron chi connectivity index (χ3n) is 3.65. The summed E-state index contributed by atoms with van der Waals surface area (Å²) < 4.78 is 11.2. The second-order valence-electron chi connectivity index (χ2n) is 5.39. The van der Waals surface area contributed by atoms with E-state index in [-0.39, 0.29) is 5.91 Å². The van der Waals surface area contributed by atoms with Crippen molar-refractivity contribution in [2.24, 2.45) is 0 Å². The number of hydrogen-bond donors (Lipinski definition) is 0. The number of thioether (sulfide) groups is 1. The molecule has 4 nitrogen and oxygen atoms in total. The predicted molar refractivity (Wildman–Crippen MR) is 111 cm³/mol. The third kappa shape index (κ3) is 3.98. The zero-order valence-electron chi connectivity index (χ0n) is 14.2. The molecule has 0 spiro atoms. The van der Waals surface area contributed by atoms with Crippen LogP contribution in [0.1, 0.15) is 5.56 Å². The average Bonchev–Trinajstić information content (AvgIpc) is 2.94. The van der Waals surface area contributed by atoms with Crippen molar-refractivity contribution < 1.29 is 14.3 Å². The lowest BCUT2D eigenvalue weighted by Crippen LogP contribution is -2.27. The first-order valence-electron chi connectivity index (χ1n) is 7.88. The molecule has 1 heterocycles. The van der Waals surface area contributed by atoms with Crippen molar-refractivity contribution in [3.63, 3.8) is 0 Å². The minimum atomic E-state index is -0.139. The Balaban J connectivity index is 1.81. The van der Waals surface area contributed by atoms with Crippen molar-refractivity contribution in [2.75, 3.05) is 18.6 Å². The molecule has 0 atom stereocenters. The third-order valence-corrected chi connectivity index (χ3v) is 4.95. The second kappa shape index (κ2) is 8.21. The maximum atomic E-state index is 12.8. The van der Waals surface area contributed by atoms with Gasteiger partial charge in [-0.25, -0.2) is 0 Å². The molecular formula is C20H17NO3S2. The van der Waals surface area contributed by atoms with Gasteiger partial charge in [-0.05, 0) is 35.9 Å². The topological polar surface area (TPSA) is 38.8 Å². The van der Waals surface area contributed by atoms with Gasteiger partial charge >= 0.3 is 0 Å². The van der Waals surface area contributed by atoms with Gasteiger partial charge in [-0.3, -0.25) is 9.69 Å². The van der Waals surface area contributed by atoms with Gasteiger partial charge in [0.2, 0.25) is 0 Å². The first-order valence-corrected chi connectivity index (χ1v) is 9.10. The summed E-state index contributed by atoms with van der Waals surface area (Å²) in [5.41, 5.74) is 1.60. The molecule has 0 aliphatic carbocycles. The van der Waals surface area contributed by atoms with Crippen LogP contribution in [0.25, 0.3) is 6.08 Å². The minimum absolute atomic E-state index is 0.139. The molecule has 0 bridgehead atoms. The van der Waals surface area contributed by atoms with Crippen LogP contribution in [0.15, 0.2) is 66.1 Å². The Bertz CT molecular complexity index is 875. The molecule has 3 rings (SSSR count). The summed E-state index contributed by atoms with van der Waals surface area (Å²) >= 11 is 6.68. The van der Waals surface area contributed by atoms with E-state index >= 15 is 0 Å². The van der Waals surface area contributed by atoms with Crippen molar-refractivity contribution in [1.29, 1.82) is 0 Å². The highest BCUT2D eigenvalue weighted by molar-refractivity contribution is 8.27. The van der Waals surface area contributed by atoms with Crippen LogP contribution in [-0.4, -0.2) is 23.9 Å². The van der Waals surface area contributed by atoms with Crippen LogP contribution in [0.3, 0.4) is 0 Å². The van der Waals surface area contributed by atoms with E-state index < -0.39 is 0 Å². The standard InChI is InChI=1S/C20H17NO3S2/c1-3-11-24-16-9-7-14(8-10-16)12-18-19(22)21(20(25)26-18)15-5-4-6-17(13-15)23-2/h3-10,12-13H,1,11H2,2H3/b18-12-. The number of nitrogens with zero attached hydrogens (tertiary/aromatic N) is 1. The van der Waals surface area contributed by atoms with E-state index in [9.17, 15) is 4.79 Å². The highest BCUT2D eigenvalue weighted by Crippen LogP contribution is 2.37. The Morgan fingerprint density at radius 2 is 1.96 bits per heavy atom. The summed E-state index contributed by atoms with van der Waals surface area (Å²) in [5.74, 6) is 1.29. The minimum Gasteiger partial charge on any atom is -0.497 e. The number of benzene rings is 2. The van der Waals surface area contributed by atoms with Gasteiger partial charge in [-0.1, -0.05) is 54.8 Å². The Labute approximate surface area is 162 Å². The number of carbonyl (C=O) groups is 1. The van der Waals surface area contributed by atoms with Gasteiger partial charge in [0.1, 0.15) is 18.1 Å². The van der Waals surface area contributed by atoms with E-state index in [4.69, 9.17) is 21.7 Å². The fourth-order valence-electron chi connectivity index (χ4n) is 2.41. The molecule has 0 radical (unpaired) electrons. The number of methoxy groups -OCH3 is 1. The van der Waals surface area contributed by atoms with Gasteiger partial charge in [0.15, 0.2) is 4.32 Å². The van der Waals surface area contributed by atoms with Crippen molar-refractivity contribution in [2.45, 2.75) is 0 Å². The predicted octanol–water partition coefficient (Wildman–Crippen LogP) is 4.67. The Morgan fingerprint density at radius 1 is 1.19 bits per heavy atom. The van der Waals surface area contributed by atoms with Crippen molar-refractivity contribution in [3.05, 3.63) is 71.7 Å². The Morgan fingerprint density at radius 3 is 2.65 bits per heavy atom. The van der Waals surface area contributed by atoms with Gasteiger partial charge in [-0.15, -0.1) is 0 Å². The van der Waals surface area contributed by atoms with E-state index in [2.05, 4.69) is 6.58 Å². The molecule has 6 heteroatoms. The summed E-state index contributed by atoms with van der Waals surface area (Å²) in [7, 11) is 1.59. The molecule has 2 aromatic carbocycles. The van der Waals surface area contributed by atoms with Crippen molar-refractivity contribution in [1.82, 2.24) is 0 Å². The number of carbonyl (C=O) groups excluding carboxylic acids is 1. The molecule has 1 saturated heterocycles. The zero-order chi connectivity index (χ0) is 18.5. The molecule has 0 saturated carbocycles. The molecule has 1 aliphatic heterocycles. The summed E-state index contributed by atoms with van der Waals surface area (Å²) in [6.45, 7) is 4.08. The molecule has 0 aromatic heterocycles. The first-order chi connectivity index (χ1) is 12.6. The Kier molecular flexibility index (Phi) is 5.75. The monoisotopic (exact) mass is 383 g/mol. The lowest BCUT2D eigenvalue weighted by molar-refractivity contribution is -0.113. The van der Waals surface area contributed by atoms with Crippen LogP contribution >= 0.6 is 24.0 Å². The molecule has 1 amide bonds. The lowest BCUT2D eigenvalue weighted by Gasteiger charge is -2.15. The molecular weight excluding hydrogens is 366 g/mol. The van der Waals surface area contributed by atoms with Gasteiger partial charge in [-0.2, -0.15) is 0 Å². The molecule has 0 unspecified atom stereocenters. The smallest absolute Gasteiger partial charge is 0.270 e. The van der Waals surface area contributed by atoms with Crippen LogP contribution in [0.5, 0.6) is 11.5 Å². The molecule has 132 valence electrons. The van der Waals surface area contributed by atoms with Gasteiger partial charge in [0, 0.05) is 6.07 Å². The number of ether oxygens (including phenoxy) is 2. The van der Waals surface area contributed by atoms with Gasteiger partial charge < -0.3 is 9.47 Å². The highest BCUT2D eigenvalue weighted by Gasteiger charge is 2.33. The van der Waals surface area contributed by atoms with Crippen molar-refractivity contribution >= 4 is 46.0 Å². The quantitative estimate of drug-likeness (QED) is 0.412. The Hall–Kier alpha value is -2.57. The lowest BCUT2D eigenvalue weighted by atomic mass is 10.2. The first kappa shape index (κ1) is 18.2. The van der Waals surface area contributed by atoms with E-state index in [0.29, 0.717) is 27.3 Å². The fourth-order valence-corrected chi connectivity index (χ4v) is 3.71. The van der Waals surface area contributed by atoms with Gasteiger partial charge in [0.05, 0.1) is 17.7 Å². The van der Waals surface area contributed by atoms with E-state index in [1.54, 1.807) is 19.3 Å². The summed E-state index contributed by atoms with van der Waals surface area (Å²) in [6.07, 6.45) is 3.52. The van der Waals surface area contributed by atoms with E-state index in [1.807, 2.05) is 48.5 Å². The summed E-state index contributed by atoms with van der Waals surface area (Å²) in [5, 5.41) is 0. The van der Waals surface area contributed by atoms with Crippen LogP contribution < -0.4 is 14.4 Å². The molecule has 2 aromatic rings. The van der Waals surface area contributed by atoms with Gasteiger partial charge in [0.25, 0.3) is 5.91 Å². The maximum Gasteiger partial charge on any atom is 0.270 e. The van der Waals surface area contributed by atoms with Crippen LogP contribution in [0.4, 0.5) is 5.69 Å². The van der Waals surface area contributed by atoms with Crippen LogP contribution in [-0.2, 0) is 4.79 Å². The second-order valence-corrected chi connectivity index (χ2v) is 7.06. The number of hydrogen-bond acceptors (Lipinski definition) is 5. The number of amides is 1. The fraction of sp³-hybridized carbons (Fsp3) is 0.100.